The van der Waals surface area contributed by atoms with Crippen LogP contribution in [-0.2, 0) is 4.79 Å². The Balaban J connectivity index is 0.000000199. The van der Waals surface area contributed by atoms with E-state index in [0.717, 1.165) is 31.6 Å². The summed E-state index contributed by atoms with van der Waals surface area (Å²) in [6, 6.07) is 6.18. The van der Waals surface area contributed by atoms with Crippen molar-refractivity contribution in [1.29, 1.82) is 0 Å². The van der Waals surface area contributed by atoms with Crippen LogP contribution in [0, 0.1) is 19.8 Å². The van der Waals surface area contributed by atoms with Gasteiger partial charge in [0.1, 0.15) is 11.5 Å². The molecule has 2 rings (SSSR count). The van der Waals surface area contributed by atoms with Gasteiger partial charge in [-0.05, 0) is 44.2 Å². The summed E-state index contributed by atoms with van der Waals surface area (Å²) in [6.07, 6.45) is 2.79. The molecule has 100 valence electrons. The fraction of sp³-hybridized carbons (Fsp3) is 0.562. The Kier molecular flexibility index (Phi) is 5.90. The van der Waals surface area contributed by atoms with E-state index in [1.807, 2.05) is 13.0 Å². The molecule has 1 aromatic carbocycles. The molecule has 1 unspecified atom stereocenters. The average Bonchev–Trinajstić information content (AvgIpc) is 2.69. The number of Topliss-reactive ketones (excluding diaryl/α,β-unsaturated/α-hetero) is 1. The molecule has 0 aliphatic heterocycles. The number of benzene rings is 1. The van der Waals surface area contributed by atoms with Gasteiger partial charge in [-0.15, -0.1) is 0 Å². The Labute approximate surface area is 110 Å². The van der Waals surface area contributed by atoms with Crippen LogP contribution in [0.15, 0.2) is 18.2 Å². The summed E-state index contributed by atoms with van der Waals surface area (Å²) in [4.78, 5) is 10.5. The second-order valence-corrected chi connectivity index (χ2v) is 5.04. The molecule has 1 aliphatic carbocycles. The lowest BCUT2D eigenvalue weighted by Gasteiger charge is -2.08. The second-order valence-electron chi connectivity index (χ2n) is 5.04. The van der Waals surface area contributed by atoms with Gasteiger partial charge < -0.3 is 4.74 Å². The van der Waals surface area contributed by atoms with Crippen LogP contribution in [0.2, 0.25) is 0 Å². The molecule has 2 heteroatoms. The molecule has 0 N–H and O–H groups in total. The van der Waals surface area contributed by atoms with Gasteiger partial charge in [0, 0.05) is 12.8 Å². The average molecular weight is 248 g/mol. The highest BCUT2D eigenvalue weighted by molar-refractivity contribution is 5.80. The predicted octanol–water partition coefficient (Wildman–Crippen LogP) is 4.08. The fourth-order valence-electron chi connectivity index (χ4n) is 2.17. The van der Waals surface area contributed by atoms with E-state index < -0.39 is 0 Å². The Bertz CT molecular complexity index is 376. The number of ketones is 1. The van der Waals surface area contributed by atoms with Crippen molar-refractivity contribution in [2.45, 2.75) is 47.0 Å². The van der Waals surface area contributed by atoms with Gasteiger partial charge in [-0.1, -0.05) is 25.1 Å². The number of ether oxygens (including phenoxy) is 1. The van der Waals surface area contributed by atoms with Crippen LogP contribution in [0.5, 0.6) is 5.75 Å². The topological polar surface area (TPSA) is 26.3 Å². The summed E-state index contributed by atoms with van der Waals surface area (Å²) >= 11 is 0. The van der Waals surface area contributed by atoms with Gasteiger partial charge in [-0.3, -0.25) is 4.79 Å². The third-order valence-electron chi connectivity index (χ3n) is 3.19. The van der Waals surface area contributed by atoms with Gasteiger partial charge in [-0.25, -0.2) is 0 Å². The van der Waals surface area contributed by atoms with Crippen LogP contribution < -0.4 is 4.74 Å². The normalized spacial score (nSPS) is 18.2. The molecule has 1 saturated carbocycles. The first-order valence-corrected chi connectivity index (χ1v) is 6.75. The maximum Gasteiger partial charge on any atom is 0.133 e. The lowest BCUT2D eigenvalue weighted by atomic mass is 10.1. The first-order valence-electron chi connectivity index (χ1n) is 6.75. The van der Waals surface area contributed by atoms with Gasteiger partial charge in [0.25, 0.3) is 0 Å². The van der Waals surface area contributed by atoms with Gasteiger partial charge in [0.2, 0.25) is 0 Å². The molecule has 0 spiro atoms. The van der Waals surface area contributed by atoms with E-state index in [9.17, 15) is 4.79 Å². The molecule has 2 nitrogen and oxygen atoms in total. The molecule has 1 aromatic rings. The quantitative estimate of drug-likeness (QED) is 0.788. The van der Waals surface area contributed by atoms with E-state index in [1.54, 1.807) is 0 Å². The lowest BCUT2D eigenvalue weighted by Crippen LogP contribution is -1.95. The molecule has 0 bridgehead atoms. The van der Waals surface area contributed by atoms with E-state index >= 15 is 0 Å². The monoisotopic (exact) mass is 248 g/mol. The predicted molar refractivity (Wildman–Crippen MR) is 75.1 cm³/mol. The number of para-hydroxylation sites is 1. The zero-order valence-electron chi connectivity index (χ0n) is 12.0. The minimum atomic E-state index is 0.451. The molecule has 0 aromatic heterocycles. The van der Waals surface area contributed by atoms with E-state index in [1.165, 1.54) is 11.1 Å². The Morgan fingerprint density at radius 3 is 2.22 bits per heavy atom. The van der Waals surface area contributed by atoms with Gasteiger partial charge >= 0.3 is 0 Å². The van der Waals surface area contributed by atoms with E-state index in [0.29, 0.717) is 11.7 Å². The summed E-state index contributed by atoms with van der Waals surface area (Å²) in [5, 5.41) is 0. The molecule has 1 atom stereocenters. The van der Waals surface area contributed by atoms with Crippen molar-refractivity contribution in [3.05, 3.63) is 29.3 Å². The van der Waals surface area contributed by atoms with Crippen molar-refractivity contribution in [3.8, 4) is 5.75 Å². The number of carbonyl (C=O) groups excluding carboxylic acids is 1. The summed E-state index contributed by atoms with van der Waals surface area (Å²) in [5.74, 6) is 2.16. The molecule has 1 fully saturated rings. The van der Waals surface area contributed by atoms with Crippen molar-refractivity contribution in [2.24, 2.45) is 5.92 Å². The summed E-state index contributed by atoms with van der Waals surface area (Å²) in [6.45, 7) is 9.01. The van der Waals surface area contributed by atoms with E-state index in [2.05, 4.69) is 32.9 Å². The first kappa shape index (κ1) is 14.7. The second kappa shape index (κ2) is 7.20. The minimum absolute atomic E-state index is 0.451. The largest absolute Gasteiger partial charge is 0.493 e. The maximum absolute atomic E-state index is 10.5. The Morgan fingerprint density at radius 1 is 1.28 bits per heavy atom. The van der Waals surface area contributed by atoms with Crippen LogP contribution in [0.1, 0.15) is 44.2 Å². The number of carbonyl (C=O) groups is 1. The van der Waals surface area contributed by atoms with E-state index in [4.69, 9.17) is 4.74 Å². The van der Waals surface area contributed by atoms with Gasteiger partial charge in [-0.2, -0.15) is 0 Å². The van der Waals surface area contributed by atoms with E-state index in [-0.39, 0.29) is 0 Å². The fourth-order valence-corrected chi connectivity index (χ4v) is 2.17. The Morgan fingerprint density at radius 2 is 1.89 bits per heavy atom. The molecule has 0 saturated heterocycles. The van der Waals surface area contributed by atoms with Crippen LogP contribution in [-0.4, -0.2) is 12.4 Å². The zero-order valence-corrected chi connectivity index (χ0v) is 12.0. The Hall–Kier alpha value is -1.31. The van der Waals surface area contributed by atoms with Crippen molar-refractivity contribution in [2.75, 3.05) is 6.61 Å². The molecule has 1 aliphatic rings. The SMILES string of the molecule is CC1CCC(=O)C1.CCOc1c(C)cccc1C. The summed E-state index contributed by atoms with van der Waals surface area (Å²) < 4.78 is 5.47. The third kappa shape index (κ3) is 4.52. The van der Waals surface area contributed by atoms with Gasteiger partial charge in [0.05, 0.1) is 6.61 Å². The van der Waals surface area contributed by atoms with Crippen molar-refractivity contribution < 1.29 is 9.53 Å². The highest BCUT2D eigenvalue weighted by Gasteiger charge is 2.16. The standard InChI is InChI=1S/C10H14O.C6H10O/c1-4-11-10-8(2)6-5-7-9(10)3;1-5-2-3-6(7)4-5/h5-7H,4H2,1-3H3;5H,2-4H2,1H3. The van der Waals surface area contributed by atoms with Crippen LogP contribution in [0.3, 0.4) is 0 Å². The molecule has 0 radical (unpaired) electrons. The third-order valence-corrected chi connectivity index (χ3v) is 3.19. The molecule has 0 amide bonds. The number of aryl methyl sites for hydroxylation is 2. The number of hydrogen-bond acceptors (Lipinski definition) is 2. The van der Waals surface area contributed by atoms with Crippen molar-refractivity contribution in [1.82, 2.24) is 0 Å². The molecular weight excluding hydrogens is 224 g/mol. The highest BCUT2D eigenvalue weighted by atomic mass is 16.5. The lowest BCUT2D eigenvalue weighted by molar-refractivity contribution is -0.117. The van der Waals surface area contributed by atoms with Crippen LogP contribution >= 0.6 is 0 Å². The van der Waals surface area contributed by atoms with Crippen LogP contribution in [0.25, 0.3) is 0 Å². The van der Waals surface area contributed by atoms with Crippen LogP contribution in [0.4, 0.5) is 0 Å². The summed E-state index contributed by atoms with van der Waals surface area (Å²) in [5.41, 5.74) is 2.43. The van der Waals surface area contributed by atoms with Gasteiger partial charge in [0.15, 0.2) is 0 Å². The number of rotatable bonds is 2. The summed E-state index contributed by atoms with van der Waals surface area (Å²) in [7, 11) is 0. The molecule has 18 heavy (non-hydrogen) atoms. The van der Waals surface area contributed by atoms with Crippen molar-refractivity contribution in [3.63, 3.8) is 0 Å². The first-order chi connectivity index (χ1) is 8.54. The van der Waals surface area contributed by atoms with Crippen molar-refractivity contribution >= 4 is 5.78 Å². The maximum atomic E-state index is 10.5. The molecule has 0 heterocycles. The zero-order chi connectivity index (χ0) is 13.5. The molecular formula is C16H24O2. The number of hydrogen-bond donors (Lipinski definition) is 0. The minimum Gasteiger partial charge on any atom is -0.493 e. The highest BCUT2D eigenvalue weighted by Crippen LogP contribution is 2.21. The smallest absolute Gasteiger partial charge is 0.133 e.